The van der Waals surface area contributed by atoms with Crippen molar-refractivity contribution in [1.29, 1.82) is 5.26 Å². The third-order valence-corrected chi connectivity index (χ3v) is 6.81. The van der Waals surface area contributed by atoms with Gasteiger partial charge in [0.2, 0.25) is 17.7 Å². The van der Waals surface area contributed by atoms with E-state index < -0.39 is 16.2 Å². The molecule has 1 aromatic carbocycles. The summed E-state index contributed by atoms with van der Waals surface area (Å²) in [5, 5.41) is 13.2. The highest BCUT2D eigenvalue weighted by atomic mass is 32.2. The van der Waals surface area contributed by atoms with Crippen molar-refractivity contribution in [3.8, 4) is 6.19 Å². The average Bonchev–Trinajstić information content (AvgIpc) is 3.06. The first-order valence-corrected chi connectivity index (χ1v) is 13.6. The topological polar surface area (TPSA) is 173 Å². The summed E-state index contributed by atoms with van der Waals surface area (Å²) >= 11 is 0. The van der Waals surface area contributed by atoms with Crippen LogP contribution in [0, 0.1) is 11.5 Å². The molecule has 1 saturated carbocycles. The zero-order valence-electron chi connectivity index (χ0n) is 19.9. The van der Waals surface area contributed by atoms with Gasteiger partial charge in [0.25, 0.3) is 0 Å². The minimum absolute atomic E-state index is 0.0228. The van der Waals surface area contributed by atoms with Gasteiger partial charge in [-0.05, 0) is 37.8 Å². The molecule has 0 bridgehead atoms. The molecule has 2 fully saturated rings. The largest absolute Gasteiger partial charge is 0.368 e. The third kappa shape index (κ3) is 7.63. The van der Waals surface area contributed by atoms with Gasteiger partial charge in [0.15, 0.2) is 0 Å². The number of benzene rings is 1. The van der Waals surface area contributed by atoms with Crippen LogP contribution >= 0.6 is 0 Å². The summed E-state index contributed by atoms with van der Waals surface area (Å²) in [6.45, 7) is 2.17. The lowest BCUT2D eigenvalue weighted by molar-refractivity contribution is -0.118. The molecule has 2 aromatic rings. The van der Waals surface area contributed by atoms with E-state index in [0.717, 1.165) is 43.0 Å². The maximum Gasteiger partial charge on any atom is 0.330 e. The lowest BCUT2D eigenvalue weighted by atomic mass is 9.93. The van der Waals surface area contributed by atoms with E-state index in [0.29, 0.717) is 5.62 Å². The van der Waals surface area contributed by atoms with Crippen LogP contribution in [0.1, 0.15) is 63.8 Å². The smallest absolute Gasteiger partial charge is 0.330 e. The quantitative estimate of drug-likeness (QED) is 0.422. The Morgan fingerprint density at radius 2 is 1.57 bits per heavy atom. The first-order valence-electron chi connectivity index (χ1n) is 12.1. The summed E-state index contributed by atoms with van der Waals surface area (Å²) < 4.78 is 29.1. The predicted molar refractivity (Wildman–Crippen MR) is 132 cm³/mol. The number of imidazole rings is 1. The number of likely N-dealkylation sites (tertiary alicyclic amines) is 1. The van der Waals surface area contributed by atoms with Crippen LogP contribution in [0.25, 0.3) is 11.0 Å². The second kappa shape index (κ2) is 12.3. The van der Waals surface area contributed by atoms with Crippen LogP contribution < -0.4 is 16.5 Å². The second-order valence-electron chi connectivity index (χ2n) is 9.20. The van der Waals surface area contributed by atoms with Crippen LogP contribution in [-0.2, 0) is 21.6 Å². The molecule has 0 unspecified atom stereocenters. The minimum atomic E-state index is -4.17. The van der Waals surface area contributed by atoms with Gasteiger partial charge in [0, 0.05) is 25.2 Å². The first kappa shape index (κ1) is 26.9. The highest BCUT2D eigenvalue weighted by Gasteiger charge is 2.28. The molecule has 5 N–H and O–H groups in total. The molecule has 192 valence electrons. The van der Waals surface area contributed by atoms with Crippen molar-refractivity contribution in [1.82, 2.24) is 14.0 Å². The number of carbonyl (C=O) groups excluding carboxylic acids is 1. The van der Waals surface area contributed by atoms with Gasteiger partial charge in [-0.3, -0.25) is 13.9 Å². The van der Waals surface area contributed by atoms with E-state index in [1.807, 2.05) is 30.5 Å². The summed E-state index contributed by atoms with van der Waals surface area (Å²) in [6.07, 6.45) is 13.5. The molecule has 0 atom stereocenters. The maximum absolute atomic E-state index is 11.7. The van der Waals surface area contributed by atoms with Gasteiger partial charge in [0.1, 0.15) is 6.54 Å². The van der Waals surface area contributed by atoms with E-state index in [4.69, 9.17) is 18.7 Å². The molecule has 1 saturated heterocycles. The van der Waals surface area contributed by atoms with Crippen molar-refractivity contribution in [2.75, 3.05) is 13.1 Å². The van der Waals surface area contributed by atoms with Gasteiger partial charge < -0.3 is 15.2 Å². The third-order valence-electron chi connectivity index (χ3n) is 6.81. The predicted octanol–water partition coefficient (Wildman–Crippen LogP) is 1.81. The Bertz CT molecular complexity index is 1200. The molecule has 11 nitrogen and oxygen atoms in total. The highest BCUT2D eigenvalue weighted by molar-refractivity contribution is 7.83. The number of piperidine rings is 1. The monoisotopic (exact) mass is 505 g/mol. The Morgan fingerprint density at radius 1 is 1.03 bits per heavy atom. The molecule has 0 radical (unpaired) electrons. The highest BCUT2D eigenvalue weighted by Crippen LogP contribution is 2.30. The van der Waals surface area contributed by atoms with Gasteiger partial charge in [-0.1, -0.05) is 44.2 Å². The molecular formula is C23H35N7O4S. The zero-order chi connectivity index (χ0) is 25.4. The van der Waals surface area contributed by atoms with Crippen LogP contribution in [0.4, 0.5) is 0 Å². The van der Waals surface area contributed by atoms with Crippen molar-refractivity contribution >= 4 is 27.2 Å². The maximum atomic E-state index is 11.7. The van der Waals surface area contributed by atoms with Crippen LogP contribution in [-0.4, -0.2) is 52.0 Å². The molecule has 4 rings (SSSR count). The fourth-order valence-corrected chi connectivity index (χ4v) is 5.38. The standard InChI is InChI=1S/C23H32N6O.H3NO3S/c24-17-26-23-28(16-22(25)30)20-10-6-7-11-21(20)29(23)19-12-14-27(15-13-19)18-8-4-2-1-3-5-9-18;1-5(2,3)4/h6-7,10-11,18-19H,1-5,8-9,12-16H2,(H2,25,30);(H3,1,2,3,4)/b26-23-;. The Labute approximate surface area is 205 Å². The molecular weight excluding hydrogens is 470 g/mol. The Kier molecular flexibility index (Phi) is 9.45. The zero-order valence-corrected chi connectivity index (χ0v) is 20.7. The van der Waals surface area contributed by atoms with Gasteiger partial charge in [-0.15, -0.1) is 4.99 Å². The van der Waals surface area contributed by atoms with Crippen molar-refractivity contribution in [3.63, 3.8) is 0 Å². The summed E-state index contributed by atoms with van der Waals surface area (Å²) in [6, 6.07) is 8.93. The van der Waals surface area contributed by atoms with E-state index in [9.17, 15) is 10.1 Å². The number of para-hydroxylation sites is 2. The van der Waals surface area contributed by atoms with Crippen molar-refractivity contribution in [2.45, 2.75) is 76.4 Å². The second-order valence-corrected chi connectivity index (χ2v) is 10.2. The summed E-state index contributed by atoms with van der Waals surface area (Å²) in [5.74, 6) is -0.434. The Hall–Kier alpha value is -2.72. The summed E-state index contributed by atoms with van der Waals surface area (Å²) in [4.78, 5) is 18.5. The van der Waals surface area contributed by atoms with Crippen LogP contribution in [0.3, 0.4) is 0 Å². The van der Waals surface area contributed by atoms with Crippen molar-refractivity contribution in [3.05, 3.63) is 29.9 Å². The van der Waals surface area contributed by atoms with E-state index in [1.54, 1.807) is 4.57 Å². The Balaban J connectivity index is 0.000000623. The molecule has 12 heteroatoms. The molecule has 2 aliphatic rings. The van der Waals surface area contributed by atoms with Gasteiger partial charge in [-0.2, -0.15) is 13.7 Å². The molecule has 1 amide bonds. The number of nitrogens with two attached hydrogens (primary N) is 2. The van der Waals surface area contributed by atoms with Gasteiger partial charge in [-0.25, -0.2) is 5.14 Å². The summed E-state index contributed by atoms with van der Waals surface area (Å²) in [7, 11) is -4.17. The van der Waals surface area contributed by atoms with Crippen molar-refractivity contribution in [2.24, 2.45) is 15.9 Å². The van der Waals surface area contributed by atoms with Crippen molar-refractivity contribution < 1.29 is 17.8 Å². The van der Waals surface area contributed by atoms with Gasteiger partial charge in [0.05, 0.1) is 11.0 Å². The molecule has 1 aliphatic carbocycles. The Morgan fingerprint density at radius 3 is 2.11 bits per heavy atom. The lowest BCUT2D eigenvalue weighted by Crippen LogP contribution is -2.43. The van der Waals surface area contributed by atoms with Crippen LogP contribution in [0.15, 0.2) is 29.3 Å². The number of nitrogens with zero attached hydrogens (tertiary/aromatic N) is 5. The van der Waals surface area contributed by atoms with E-state index in [-0.39, 0.29) is 12.6 Å². The number of aromatic nitrogens is 2. The lowest BCUT2D eigenvalue weighted by Gasteiger charge is -2.39. The molecule has 0 spiro atoms. The fourth-order valence-electron chi connectivity index (χ4n) is 5.38. The van der Waals surface area contributed by atoms with Crippen LogP contribution in [0.5, 0.6) is 0 Å². The number of fused-ring (bicyclic) bond motifs is 1. The average molecular weight is 506 g/mol. The summed E-state index contributed by atoms with van der Waals surface area (Å²) in [5.41, 5.74) is 7.93. The number of primary amides is 1. The number of amides is 1. The minimum Gasteiger partial charge on any atom is -0.368 e. The number of rotatable bonds is 4. The first-order chi connectivity index (χ1) is 16.7. The molecule has 35 heavy (non-hydrogen) atoms. The van der Waals surface area contributed by atoms with E-state index >= 15 is 0 Å². The fraction of sp³-hybridized carbons (Fsp3) is 0.609. The number of hydrogen-bond donors (Lipinski definition) is 3. The number of carbonyl (C=O) groups is 1. The molecule has 1 aliphatic heterocycles. The number of hydrogen-bond acceptors (Lipinski definition) is 6. The number of nitriles is 1. The SMILES string of the molecule is N#C/N=c1/n(CC(N)=O)c2ccccc2n1C1CCN(C2CCCCCCC2)CC1.NS(=O)(=O)O. The van der Waals surface area contributed by atoms with Gasteiger partial charge >= 0.3 is 10.3 Å². The van der Waals surface area contributed by atoms with E-state index in [1.165, 1.54) is 44.9 Å². The molecule has 2 heterocycles. The molecule has 1 aromatic heterocycles. The van der Waals surface area contributed by atoms with E-state index in [2.05, 4.69) is 19.6 Å². The van der Waals surface area contributed by atoms with Crippen LogP contribution in [0.2, 0.25) is 0 Å². The normalized spacial score (nSPS) is 19.4.